The second kappa shape index (κ2) is 9.18. The molecule has 1 saturated heterocycles. The molecule has 2 heterocycles. The molecular formula is C19H24ClN5O3. The number of ether oxygens (including phenoxy) is 2. The molecule has 1 aliphatic heterocycles. The number of carbonyl (C=O) groups excluding carboxylic acids is 1. The van der Waals surface area contributed by atoms with Gasteiger partial charge in [0, 0.05) is 19.3 Å². The summed E-state index contributed by atoms with van der Waals surface area (Å²) < 4.78 is 10.9. The first-order valence-corrected chi connectivity index (χ1v) is 9.37. The van der Waals surface area contributed by atoms with E-state index in [2.05, 4.69) is 20.8 Å². The van der Waals surface area contributed by atoms with Gasteiger partial charge in [-0.15, -0.1) is 0 Å². The normalized spacial score (nSPS) is 19.9. The number of methoxy groups -OCH3 is 1. The SMILES string of the molecule is COc1ccc(OCC2CC(C(=O)N(C)C(C)c3ccncn3)NN2)c(Cl)c1. The number of hydrazine groups is 1. The number of aromatic nitrogens is 2. The Hall–Kier alpha value is -2.42. The first kappa shape index (κ1) is 20.3. The number of likely N-dealkylation sites (N-methyl/N-ethyl adjacent to an activating group) is 1. The fraction of sp³-hybridized carbons (Fsp3) is 0.421. The van der Waals surface area contributed by atoms with Gasteiger partial charge in [0.1, 0.15) is 30.5 Å². The smallest absolute Gasteiger partial charge is 0.241 e. The molecule has 0 radical (unpaired) electrons. The summed E-state index contributed by atoms with van der Waals surface area (Å²) in [5, 5.41) is 0.483. The third kappa shape index (κ3) is 4.70. The third-order valence-corrected chi connectivity index (χ3v) is 5.12. The molecule has 1 aromatic carbocycles. The fourth-order valence-electron chi connectivity index (χ4n) is 2.99. The fourth-order valence-corrected chi connectivity index (χ4v) is 3.22. The van der Waals surface area contributed by atoms with Crippen molar-refractivity contribution in [3.05, 3.63) is 47.5 Å². The van der Waals surface area contributed by atoms with E-state index in [9.17, 15) is 4.79 Å². The summed E-state index contributed by atoms with van der Waals surface area (Å²) in [5.74, 6) is 1.24. The van der Waals surface area contributed by atoms with Crippen molar-refractivity contribution in [1.29, 1.82) is 0 Å². The second-order valence-electron chi connectivity index (χ2n) is 6.64. The Balaban J connectivity index is 1.52. The van der Waals surface area contributed by atoms with Crippen molar-refractivity contribution in [1.82, 2.24) is 25.7 Å². The van der Waals surface area contributed by atoms with Crippen molar-refractivity contribution in [2.45, 2.75) is 31.5 Å². The molecule has 1 amide bonds. The highest BCUT2D eigenvalue weighted by atomic mass is 35.5. The van der Waals surface area contributed by atoms with Gasteiger partial charge in [-0.1, -0.05) is 11.6 Å². The molecule has 0 spiro atoms. The minimum Gasteiger partial charge on any atom is -0.497 e. The maximum atomic E-state index is 12.8. The molecule has 3 unspecified atom stereocenters. The molecule has 1 fully saturated rings. The van der Waals surface area contributed by atoms with Gasteiger partial charge in [0.2, 0.25) is 5.91 Å². The number of rotatable bonds is 7. The van der Waals surface area contributed by atoms with Crippen LogP contribution >= 0.6 is 11.6 Å². The van der Waals surface area contributed by atoms with Gasteiger partial charge in [0.15, 0.2) is 0 Å². The van der Waals surface area contributed by atoms with Crippen LogP contribution in [0.3, 0.4) is 0 Å². The second-order valence-corrected chi connectivity index (χ2v) is 7.05. The Morgan fingerprint density at radius 1 is 1.39 bits per heavy atom. The van der Waals surface area contributed by atoms with Crippen LogP contribution in [0.2, 0.25) is 5.02 Å². The standard InChI is InChI=1S/C19H24ClN5O3/c1-12(16-6-7-21-11-22-16)25(2)19(26)17-8-13(23-24-17)10-28-18-5-4-14(27-3)9-15(18)20/h4-7,9,11-13,17,23-24H,8,10H2,1-3H3. The van der Waals surface area contributed by atoms with Gasteiger partial charge in [-0.25, -0.2) is 15.4 Å². The minimum absolute atomic E-state index is 0.0106. The van der Waals surface area contributed by atoms with E-state index in [4.69, 9.17) is 21.1 Å². The molecule has 1 aromatic heterocycles. The maximum absolute atomic E-state index is 12.8. The van der Waals surface area contributed by atoms with Crippen molar-refractivity contribution >= 4 is 17.5 Å². The average molecular weight is 406 g/mol. The van der Waals surface area contributed by atoms with Crippen molar-refractivity contribution in [3.8, 4) is 11.5 Å². The molecule has 3 atom stereocenters. The lowest BCUT2D eigenvalue weighted by atomic mass is 10.1. The van der Waals surface area contributed by atoms with Gasteiger partial charge in [-0.05, 0) is 31.5 Å². The Labute approximate surface area is 169 Å². The van der Waals surface area contributed by atoms with Crippen molar-refractivity contribution < 1.29 is 14.3 Å². The lowest BCUT2D eigenvalue weighted by molar-refractivity contribution is -0.133. The molecular weight excluding hydrogens is 382 g/mol. The first-order chi connectivity index (χ1) is 13.5. The summed E-state index contributed by atoms with van der Waals surface area (Å²) in [6.07, 6.45) is 3.76. The monoisotopic (exact) mass is 405 g/mol. The minimum atomic E-state index is -0.339. The molecule has 2 aromatic rings. The Morgan fingerprint density at radius 2 is 2.21 bits per heavy atom. The summed E-state index contributed by atoms with van der Waals surface area (Å²) in [4.78, 5) is 22.6. The van der Waals surface area contributed by atoms with Crippen LogP contribution in [0, 0.1) is 0 Å². The van der Waals surface area contributed by atoms with Crippen LogP contribution in [0.5, 0.6) is 11.5 Å². The predicted molar refractivity (Wildman–Crippen MR) is 105 cm³/mol. The van der Waals surface area contributed by atoms with E-state index in [1.165, 1.54) is 6.33 Å². The van der Waals surface area contributed by atoms with E-state index in [-0.39, 0.29) is 24.0 Å². The molecule has 2 N–H and O–H groups in total. The van der Waals surface area contributed by atoms with Crippen LogP contribution in [-0.2, 0) is 4.79 Å². The highest BCUT2D eigenvalue weighted by molar-refractivity contribution is 6.32. The number of halogens is 1. The molecule has 0 bridgehead atoms. The Kier molecular flexibility index (Phi) is 6.66. The van der Waals surface area contributed by atoms with Crippen LogP contribution in [0.25, 0.3) is 0 Å². The van der Waals surface area contributed by atoms with E-state index in [1.54, 1.807) is 43.5 Å². The lowest BCUT2D eigenvalue weighted by Crippen LogP contribution is -2.45. The number of nitrogens with one attached hydrogen (secondary N) is 2. The van der Waals surface area contributed by atoms with Crippen molar-refractivity contribution in [2.24, 2.45) is 0 Å². The van der Waals surface area contributed by atoms with Crippen LogP contribution < -0.4 is 20.3 Å². The van der Waals surface area contributed by atoms with Gasteiger partial charge in [-0.3, -0.25) is 10.2 Å². The summed E-state index contributed by atoms with van der Waals surface area (Å²) in [6, 6.07) is 6.56. The number of hydrogen-bond donors (Lipinski definition) is 2. The number of benzene rings is 1. The summed E-state index contributed by atoms with van der Waals surface area (Å²) in [5.41, 5.74) is 6.97. The molecule has 0 saturated carbocycles. The van der Waals surface area contributed by atoms with Gasteiger partial charge >= 0.3 is 0 Å². The van der Waals surface area contributed by atoms with E-state index in [0.717, 1.165) is 5.69 Å². The van der Waals surface area contributed by atoms with Crippen LogP contribution in [0.4, 0.5) is 0 Å². The molecule has 3 rings (SSSR count). The topological polar surface area (TPSA) is 88.6 Å². The maximum Gasteiger partial charge on any atom is 0.241 e. The number of amides is 1. The number of carbonyl (C=O) groups is 1. The van der Waals surface area contributed by atoms with Crippen LogP contribution in [-0.4, -0.2) is 53.6 Å². The lowest BCUT2D eigenvalue weighted by Gasteiger charge is -2.26. The average Bonchev–Trinajstić information content (AvgIpc) is 3.20. The molecule has 28 heavy (non-hydrogen) atoms. The highest BCUT2D eigenvalue weighted by Crippen LogP contribution is 2.29. The van der Waals surface area contributed by atoms with Crippen LogP contribution in [0.1, 0.15) is 25.1 Å². The zero-order chi connectivity index (χ0) is 20.1. The van der Waals surface area contributed by atoms with Gasteiger partial charge in [-0.2, -0.15) is 0 Å². The van der Waals surface area contributed by atoms with E-state index < -0.39 is 0 Å². The number of hydrogen-bond acceptors (Lipinski definition) is 7. The van der Waals surface area contributed by atoms with Crippen LogP contribution in [0.15, 0.2) is 36.8 Å². The Bertz CT molecular complexity index is 807. The predicted octanol–water partition coefficient (Wildman–Crippen LogP) is 1.97. The van der Waals surface area contributed by atoms with E-state index in [1.807, 2.05) is 13.0 Å². The highest BCUT2D eigenvalue weighted by Gasteiger charge is 2.33. The molecule has 150 valence electrons. The zero-order valence-electron chi connectivity index (χ0n) is 16.1. The molecule has 9 heteroatoms. The molecule has 8 nitrogen and oxygen atoms in total. The third-order valence-electron chi connectivity index (χ3n) is 4.82. The van der Waals surface area contributed by atoms with Gasteiger partial charge in [0.25, 0.3) is 0 Å². The molecule has 1 aliphatic rings. The summed E-state index contributed by atoms with van der Waals surface area (Å²) in [7, 11) is 3.36. The first-order valence-electron chi connectivity index (χ1n) is 8.99. The van der Waals surface area contributed by atoms with Gasteiger partial charge in [0.05, 0.1) is 29.9 Å². The van der Waals surface area contributed by atoms with Crippen molar-refractivity contribution in [3.63, 3.8) is 0 Å². The zero-order valence-corrected chi connectivity index (χ0v) is 16.8. The number of nitrogens with zero attached hydrogens (tertiary/aromatic N) is 3. The summed E-state index contributed by atoms with van der Waals surface area (Å²) in [6.45, 7) is 2.32. The van der Waals surface area contributed by atoms with E-state index in [0.29, 0.717) is 29.5 Å². The summed E-state index contributed by atoms with van der Waals surface area (Å²) >= 11 is 6.20. The largest absolute Gasteiger partial charge is 0.497 e. The molecule has 0 aliphatic carbocycles. The van der Waals surface area contributed by atoms with Gasteiger partial charge < -0.3 is 14.4 Å². The quantitative estimate of drug-likeness (QED) is 0.728. The van der Waals surface area contributed by atoms with Crippen molar-refractivity contribution in [2.75, 3.05) is 20.8 Å². The Morgan fingerprint density at radius 3 is 2.89 bits per heavy atom. The van der Waals surface area contributed by atoms with E-state index >= 15 is 0 Å².